The fraction of sp³-hybridized carbons (Fsp3) is 0.208. The highest BCUT2D eigenvalue weighted by Crippen LogP contribution is 2.47. The Labute approximate surface area is 197 Å². The van der Waals surface area contributed by atoms with E-state index in [-0.39, 0.29) is 17.0 Å². The van der Waals surface area contributed by atoms with Crippen molar-refractivity contribution in [3.8, 4) is 0 Å². The van der Waals surface area contributed by atoms with Gasteiger partial charge in [-0.3, -0.25) is 13.9 Å². The molecule has 0 amide bonds. The molecule has 0 bridgehead atoms. The molecule has 2 atom stereocenters. The lowest BCUT2D eigenvalue weighted by molar-refractivity contribution is -0.141. The third-order valence-corrected chi connectivity index (χ3v) is 7.63. The number of halogens is 1. The number of rotatable bonds is 6. The molecule has 2 heterocycles. The molecule has 1 aromatic heterocycles. The number of Topliss-reactive ketones (excluding diaryl/α,β-unsaturated/α-hetero) is 1. The van der Waals surface area contributed by atoms with E-state index in [1.165, 1.54) is 25.3 Å². The Balaban J connectivity index is 1.95. The molecule has 0 saturated carbocycles. The first kappa shape index (κ1) is 22.9. The number of esters is 1. The zero-order chi connectivity index (χ0) is 23.8. The summed E-state index contributed by atoms with van der Waals surface area (Å²) >= 11 is 6.22. The number of aromatic nitrogens is 1. The Morgan fingerprint density at radius 3 is 2.45 bits per heavy atom. The number of hydrogen-bond acceptors (Lipinski definition) is 6. The summed E-state index contributed by atoms with van der Waals surface area (Å²) in [6.07, 6.45) is -0.202. The number of methoxy groups -OCH3 is 1. The Morgan fingerprint density at radius 1 is 1.06 bits per heavy atom. The first-order valence-electron chi connectivity index (χ1n) is 10.2. The molecular weight excluding hydrogens is 464 g/mol. The monoisotopic (exact) mass is 484 g/mol. The maximum absolute atomic E-state index is 13.8. The van der Waals surface area contributed by atoms with E-state index in [0.717, 1.165) is 4.31 Å². The third-order valence-electron chi connectivity index (χ3n) is 5.58. The molecule has 170 valence electrons. The van der Waals surface area contributed by atoms with Gasteiger partial charge in [-0.2, -0.15) is 0 Å². The smallest absolute Gasteiger partial charge is 0.306 e. The molecule has 2 unspecified atom stereocenters. The highest BCUT2D eigenvalue weighted by Gasteiger charge is 2.49. The van der Waals surface area contributed by atoms with E-state index in [0.29, 0.717) is 22.0 Å². The molecule has 0 spiro atoms. The average molecular weight is 485 g/mol. The molecule has 0 radical (unpaired) electrons. The second kappa shape index (κ2) is 8.96. The van der Waals surface area contributed by atoms with Crippen molar-refractivity contribution >= 4 is 39.1 Å². The van der Waals surface area contributed by atoms with Crippen molar-refractivity contribution in [2.24, 2.45) is 0 Å². The van der Waals surface area contributed by atoms with Gasteiger partial charge in [-0.05, 0) is 55.0 Å². The topological polar surface area (TPSA) is 93.6 Å². The van der Waals surface area contributed by atoms with Gasteiger partial charge in [-0.25, -0.2) is 13.4 Å². The highest BCUT2D eigenvalue weighted by atomic mass is 35.5. The van der Waals surface area contributed by atoms with Crippen LogP contribution in [0.2, 0.25) is 5.02 Å². The van der Waals surface area contributed by atoms with Gasteiger partial charge in [0.15, 0.2) is 0 Å². The largest absolute Gasteiger partial charge is 0.469 e. The van der Waals surface area contributed by atoms with E-state index in [1.807, 2.05) is 0 Å². The Kier molecular flexibility index (Phi) is 6.23. The highest BCUT2D eigenvalue weighted by molar-refractivity contribution is 7.93. The maximum atomic E-state index is 13.8. The first-order valence-corrected chi connectivity index (χ1v) is 12.0. The number of fused-ring (bicyclic) bond motifs is 1. The average Bonchev–Trinajstić information content (AvgIpc) is 3.12. The maximum Gasteiger partial charge on any atom is 0.306 e. The number of ketones is 1. The summed E-state index contributed by atoms with van der Waals surface area (Å²) in [5.74, 6) is -1.89. The fourth-order valence-electron chi connectivity index (χ4n) is 4.10. The number of carbonyl (C=O) groups excluding carboxylic acids is 2. The van der Waals surface area contributed by atoms with Crippen LogP contribution in [0.5, 0.6) is 0 Å². The van der Waals surface area contributed by atoms with Crippen LogP contribution in [0, 0.1) is 6.92 Å². The van der Waals surface area contributed by atoms with E-state index in [2.05, 4.69) is 4.98 Å². The fourth-order valence-corrected chi connectivity index (χ4v) is 5.97. The molecule has 1 aliphatic rings. The summed E-state index contributed by atoms with van der Waals surface area (Å²) in [4.78, 5) is 30.4. The van der Waals surface area contributed by atoms with Crippen molar-refractivity contribution in [2.75, 3.05) is 11.4 Å². The van der Waals surface area contributed by atoms with Crippen molar-refractivity contribution in [3.05, 3.63) is 88.7 Å². The Hall–Kier alpha value is -3.23. The van der Waals surface area contributed by atoms with Crippen LogP contribution in [-0.4, -0.2) is 38.3 Å². The van der Waals surface area contributed by atoms with Gasteiger partial charge in [0.05, 0.1) is 24.1 Å². The lowest BCUT2D eigenvalue weighted by Gasteiger charge is -2.28. The molecule has 0 saturated heterocycles. The van der Waals surface area contributed by atoms with E-state index in [4.69, 9.17) is 16.3 Å². The van der Waals surface area contributed by atoms with Crippen LogP contribution in [0.4, 0.5) is 5.69 Å². The van der Waals surface area contributed by atoms with Crippen LogP contribution < -0.4 is 4.31 Å². The summed E-state index contributed by atoms with van der Waals surface area (Å²) in [5.41, 5.74) is 1.50. The summed E-state index contributed by atoms with van der Waals surface area (Å²) in [6, 6.07) is 16.3. The number of hydrogen-bond donors (Lipinski definition) is 0. The summed E-state index contributed by atoms with van der Waals surface area (Å²) in [6.45, 7) is 1.74. The lowest BCUT2D eigenvalue weighted by atomic mass is 9.88. The van der Waals surface area contributed by atoms with Gasteiger partial charge in [-0.15, -0.1) is 0 Å². The quantitative estimate of drug-likeness (QED) is 0.385. The van der Waals surface area contributed by atoms with Crippen LogP contribution in [0.3, 0.4) is 0 Å². The predicted molar refractivity (Wildman–Crippen MR) is 124 cm³/mol. The molecule has 0 N–H and O–H groups in total. The summed E-state index contributed by atoms with van der Waals surface area (Å²) in [5, 5.41) is 0.363. The second-order valence-electron chi connectivity index (χ2n) is 7.68. The van der Waals surface area contributed by atoms with Gasteiger partial charge in [0.25, 0.3) is 10.0 Å². The van der Waals surface area contributed by atoms with Crippen molar-refractivity contribution in [3.63, 3.8) is 0 Å². The number of sulfonamides is 1. The zero-order valence-corrected chi connectivity index (χ0v) is 19.5. The van der Waals surface area contributed by atoms with Gasteiger partial charge < -0.3 is 4.74 Å². The van der Waals surface area contributed by atoms with E-state index in [1.54, 1.807) is 55.5 Å². The molecule has 1 aliphatic heterocycles. The van der Waals surface area contributed by atoms with Crippen LogP contribution >= 0.6 is 11.6 Å². The van der Waals surface area contributed by atoms with Gasteiger partial charge in [0.2, 0.25) is 5.78 Å². The molecule has 9 heteroatoms. The van der Waals surface area contributed by atoms with Crippen LogP contribution in [0.1, 0.15) is 34.1 Å². The van der Waals surface area contributed by atoms with Gasteiger partial charge in [0, 0.05) is 16.6 Å². The SMILES string of the molecule is COC(=O)CC1c2cc(Cl)ccc2N(S(=O)(=O)c2ccccc2)C1C(=O)c1cccc(C)n1. The molecule has 0 aliphatic carbocycles. The van der Waals surface area contributed by atoms with Gasteiger partial charge in [-0.1, -0.05) is 35.9 Å². The Bertz CT molecular complexity index is 1330. The van der Waals surface area contributed by atoms with E-state index >= 15 is 0 Å². The van der Waals surface area contributed by atoms with Crippen LogP contribution in [0.25, 0.3) is 0 Å². The number of aryl methyl sites for hydroxylation is 1. The van der Waals surface area contributed by atoms with Crippen molar-refractivity contribution in [1.29, 1.82) is 0 Å². The molecule has 4 rings (SSSR count). The number of ether oxygens (including phenoxy) is 1. The van der Waals surface area contributed by atoms with Crippen molar-refractivity contribution in [2.45, 2.75) is 30.2 Å². The Morgan fingerprint density at radius 2 is 1.79 bits per heavy atom. The van der Waals surface area contributed by atoms with E-state index in [9.17, 15) is 18.0 Å². The second-order valence-corrected chi connectivity index (χ2v) is 9.93. The van der Waals surface area contributed by atoms with Crippen LogP contribution in [0.15, 0.2) is 71.6 Å². The first-order chi connectivity index (χ1) is 15.7. The van der Waals surface area contributed by atoms with Gasteiger partial charge in [0.1, 0.15) is 11.7 Å². The standard InChI is InChI=1S/C24H21ClN2O5S/c1-15-7-6-10-20(26-15)24(29)23-19(14-22(28)32-2)18-13-16(25)11-12-21(18)27(23)33(30,31)17-8-4-3-5-9-17/h3-13,19,23H,14H2,1-2H3. The molecule has 7 nitrogen and oxygen atoms in total. The molecule has 3 aromatic rings. The summed E-state index contributed by atoms with van der Waals surface area (Å²) < 4.78 is 33.5. The number of benzene rings is 2. The normalized spacial score (nSPS) is 17.5. The zero-order valence-electron chi connectivity index (χ0n) is 17.9. The number of anilines is 1. The van der Waals surface area contributed by atoms with E-state index < -0.39 is 33.7 Å². The summed E-state index contributed by atoms with van der Waals surface area (Å²) in [7, 11) is -2.92. The predicted octanol–water partition coefficient (Wildman–Crippen LogP) is 4.15. The van der Waals surface area contributed by atoms with Crippen molar-refractivity contribution < 1.29 is 22.7 Å². The third kappa shape index (κ3) is 4.24. The minimum absolute atomic E-state index is 0.0274. The molecular formula is C24H21ClN2O5S. The minimum Gasteiger partial charge on any atom is -0.469 e. The molecule has 33 heavy (non-hydrogen) atoms. The van der Waals surface area contributed by atoms with Crippen molar-refractivity contribution in [1.82, 2.24) is 4.98 Å². The lowest BCUT2D eigenvalue weighted by Crippen LogP contribution is -2.45. The minimum atomic E-state index is -4.16. The molecule has 0 fully saturated rings. The number of nitrogens with zero attached hydrogens (tertiary/aromatic N) is 2. The number of pyridine rings is 1. The number of carbonyl (C=O) groups is 2. The van der Waals surface area contributed by atoms with Crippen LogP contribution in [-0.2, 0) is 19.6 Å². The van der Waals surface area contributed by atoms with Gasteiger partial charge >= 0.3 is 5.97 Å². The molecule has 2 aromatic carbocycles.